The summed E-state index contributed by atoms with van der Waals surface area (Å²) in [6.45, 7) is 4.21. The Hall–Kier alpha value is -3.03. The molecule has 8 heteroatoms. The Labute approximate surface area is 185 Å². The van der Waals surface area contributed by atoms with Crippen LogP contribution < -0.4 is 5.32 Å². The predicted molar refractivity (Wildman–Crippen MR) is 117 cm³/mol. The minimum Gasteiger partial charge on any atom is -0.351 e. The van der Waals surface area contributed by atoms with Crippen LogP contribution in [-0.4, -0.2) is 26.0 Å². The molecule has 0 unspecified atom stereocenters. The number of pyridine rings is 1. The second-order valence-corrected chi connectivity index (χ2v) is 8.43. The van der Waals surface area contributed by atoms with Crippen molar-refractivity contribution in [3.63, 3.8) is 0 Å². The Morgan fingerprint density at radius 1 is 0.938 bits per heavy atom. The summed E-state index contributed by atoms with van der Waals surface area (Å²) in [4.78, 5) is 17.2. The van der Waals surface area contributed by atoms with Crippen molar-refractivity contribution in [2.75, 3.05) is 5.32 Å². The lowest BCUT2D eigenvalue weighted by Crippen LogP contribution is -2.20. The molecule has 2 heterocycles. The highest BCUT2D eigenvalue weighted by molar-refractivity contribution is 5.51. The number of aromatic nitrogens is 4. The molecule has 1 aliphatic rings. The van der Waals surface area contributed by atoms with Gasteiger partial charge in [-0.2, -0.15) is 23.1 Å². The molecule has 1 aromatic carbocycles. The summed E-state index contributed by atoms with van der Waals surface area (Å²) >= 11 is 0. The van der Waals surface area contributed by atoms with Crippen molar-refractivity contribution in [1.29, 1.82) is 0 Å². The molecule has 2 atom stereocenters. The van der Waals surface area contributed by atoms with Crippen LogP contribution in [0.3, 0.4) is 0 Å². The van der Waals surface area contributed by atoms with Crippen molar-refractivity contribution >= 4 is 5.95 Å². The largest absolute Gasteiger partial charge is 0.433 e. The van der Waals surface area contributed by atoms with E-state index in [4.69, 9.17) is 0 Å². The van der Waals surface area contributed by atoms with Crippen molar-refractivity contribution in [2.24, 2.45) is 5.92 Å². The summed E-state index contributed by atoms with van der Waals surface area (Å²) in [7, 11) is 0. The van der Waals surface area contributed by atoms with Crippen LogP contribution in [0.25, 0.3) is 11.5 Å². The standard InChI is InChI=1S/C24H26F3N5/c1-15(17-7-4-3-5-8-17)11-14-21-30-22(19-9-6-10-20(29-19)24(25,26)27)32-23(31-21)28-16(2)18-12-13-18/h3-10,15-16,18H,11-14H2,1-2H3,(H,28,30,31,32)/t15-,16-/m1/s1. The van der Waals surface area contributed by atoms with Crippen LogP contribution in [0.2, 0.25) is 0 Å². The van der Waals surface area contributed by atoms with Crippen LogP contribution in [0, 0.1) is 5.92 Å². The number of rotatable bonds is 8. The number of benzene rings is 1. The van der Waals surface area contributed by atoms with Crippen molar-refractivity contribution < 1.29 is 13.2 Å². The number of halogens is 3. The number of hydrogen-bond donors (Lipinski definition) is 1. The van der Waals surface area contributed by atoms with Gasteiger partial charge >= 0.3 is 6.18 Å². The Morgan fingerprint density at radius 2 is 1.69 bits per heavy atom. The molecule has 168 valence electrons. The fraction of sp³-hybridized carbons (Fsp3) is 0.417. The number of anilines is 1. The molecule has 0 bridgehead atoms. The molecule has 3 aromatic rings. The molecule has 0 spiro atoms. The zero-order valence-corrected chi connectivity index (χ0v) is 18.1. The average Bonchev–Trinajstić information content (AvgIpc) is 3.63. The molecule has 1 fully saturated rings. The quantitative estimate of drug-likeness (QED) is 0.472. The summed E-state index contributed by atoms with van der Waals surface area (Å²) < 4.78 is 39.5. The topological polar surface area (TPSA) is 63.6 Å². The van der Waals surface area contributed by atoms with Crippen molar-refractivity contribution in [3.8, 4) is 11.5 Å². The third-order valence-corrected chi connectivity index (χ3v) is 5.81. The molecule has 0 amide bonds. The van der Waals surface area contributed by atoms with Crippen LogP contribution in [0.1, 0.15) is 56.1 Å². The number of nitrogens with one attached hydrogen (secondary N) is 1. The highest BCUT2D eigenvalue weighted by Crippen LogP contribution is 2.34. The highest BCUT2D eigenvalue weighted by atomic mass is 19.4. The van der Waals surface area contributed by atoms with E-state index in [0.29, 0.717) is 30.0 Å². The van der Waals surface area contributed by atoms with Crippen LogP contribution in [0.4, 0.5) is 19.1 Å². The van der Waals surface area contributed by atoms with Gasteiger partial charge in [0.2, 0.25) is 5.95 Å². The second kappa shape index (κ2) is 9.22. The van der Waals surface area contributed by atoms with Gasteiger partial charge in [0.05, 0.1) is 0 Å². The monoisotopic (exact) mass is 441 g/mol. The molecule has 1 aliphatic carbocycles. The van der Waals surface area contributed by atoms with E-state index in [0.717, 1.165) is 25.3 Å². The summed E-state index contributed by atoms with van der Waals surface area (Å²) in [6.07, 6.45) is -0.831. The minimum absolute atomic E-state index is 0.0849. The first-order chi connectivity index (χ1) is 15.3. The molecule has 0 radical (unpaired) electrons. The lowest BCUT2D eigenvalue weighted by Gasteiger charge is -2.15. The molecule has 2 aromatic heterocycles. The van der Waals surface area contributed by atoms with E-state index in [1.807, 2.05) is 18.2 Å². The minimum atomic E-state index is -4.53. The van der Waals surface area contributed by atoms with E-state index in [9.17, 15) is 13.2 Å². The maximum absolute atomic E-state index is 13.2. The third kappa shape index (κ3) is 5.60. The Balaban J connectivity index is 1.60. The Kier molecular flexibility index (Phi) is 6.39. The smallest absolute Gasteiger partial charge is 0.351 e. The molecule has 32 heavy (non-hydrogen) atoms. The summed E-state index contributed by atoms with van der Waals surface area (Å²) in [6, 6.07) is 14.1. The van der Waals surface area contributed by atoms with Gasteiger partial charge in [0, 0.05) is 12.5 Å². The number of hydrogen-bond acceptors (Lipinski definition) is 5. The van der Waals surface area contributed by atoms with E-state index in [-0.39, 0.29) is 17.6 Å². The van der Waals surface area contributed by atoms with Crippen LogP contribution >= 0.6 is 0 Å². The number of nitrogens with zero attached hydrogens (tertiary/aromatic N) is 4. The average molecular weight is 442 g/mol. The normalized spacial score (nSPS) is 15.9. The van der Waals surface area contributed by atoms with Gasteiger partial charge in [-0.1, -0.05) is 43.3 Å². The summed E-state index contributed by atoms with van der Waals surface area (Å²) in [5, 5.41) is 3.31. The predicted octanol–water partition coefficient (Wildman–Crippen LogP) is 5.90. The maximum Gasteiger partial charge on any atom is 0.433 e. The van der Waals surface area contributed by atoms with Gasteiger partial charge in [0.1, 0.15) is 17.2 Å². The van der Waals surface area contributed by atoms with E-state index < -0.39 is 11.9 Å². The molecular weight excluding hydrogens is 415 g/mol. The van der Waals surface area contributed by atoms with Crippen molar-refractivity contribution in [2.45, 2.75) is 57.7 Å². The molecule has 1 N–H and O–H groups in total. The molecule has 4 rings (SSSR count). The van der Waals surface area contributed by atoms with Gasteiger partial charge in [0.15, 0.2) is 5.82 Å². The molecule has 0 saturated heterocycles. The second-order valence-electron chi connectivity index (χ2n) is 8.43. The van der Waals surface area contributed by atoms with Crippen LogP contribution in [0.5, 0.6) is 0 Å². The van der Waals surface area contributed by atoms with Crippen molar-refractivity contribution in [1.82, 2.24) is 19.9 Å². The van der Waals surface area contributed by atoms with Crippen molar-refractivity contribution in [3.05, 3.63) is 65.6 Å². The molecular formula is C24H26F3N5. The fourth-order valence-corrected chi connectivity index (χ4v) is 3.64. The van der Waals surface area contributed by atoms with Gasteiger partial charge in [-0.25, -0.2) is 9.97 Å². The van der Waals surface area contributed by atoms with Gasteiger partial charge in [-0.15, -0.1) is 0 Å². The third-order valence-electron chi connectivity index (χ3n) is 5.81. The van der Waals surface area contributed by atoms with E-state index in [2.05, 4.69) is 51.2 Å². The zero-order valence-electron chi connectivity index (χ0n) is 18.1. The maximum atomic E-state index is 13.2. The summed E-state index contributed by atoms with van der Waals surface area (Å²) in [5.74, 6) is 1.95. The van der Waals surface area contributed by atoms with E-state index in [1.165, 1.54) is 17.7 Å². The summed E-state index contributed by atoms with van der Waals surface area (Å²) in [5.41, 5.74) is 0.347. The van der Waals surface area contributed by atoms with Crippen LogP contribution in [0.15, 0.2) is 48.5 Å². The number of aryl methyl sites for hydroxylation is 1. The molecule has 1 saturated carbocycles. The molecule has 0 aliphatic heterocycles. The van der Waals surface area contributed by atoms with E-state index in [1.54, 1.807) is 0 Å². The lowest BCUT2D eigenvalue weighted by molar-refractivity contribution is -0.141. The van der Waals surface area contributed by atoms with Gasteiger partial charge in [0.25, 0.3) is 0 Å². The first-order valence-electron chi connectivity index (χ1n) is 10.9. The van der Waals surface area contributed by atoms with Gasteiger partial charge in [-0.05, 0) is 55.7 Å². The zero-order chi connectivity index (χ0) is 22.7. The van der Waals surface area contributed by atoms with Crippen LogP contribution in [-0.2, 0) is 12.6 Å². The number of alkyl halides is 3. The molecule has 5 nitrogen and oxygen atoms in total. The Bertz CT molecular complexity index is 1050. The van der Waals surface area contributed by atoms with E-state index >= 15 is 0 Å². The van der Waals surface area contributed by atoms with Gasteiger partial charge in [-0.3, -0.25) is 0 Å². The van der Waals surface area contributed by atoms with Gasteiger partial charge < -0.3 is 5.32 Å². The Morgan fingerprint density at radius 3 is 2.38 bits per heavy atom. The SMILES string of the molecule is C[C@H](CCc1nc(N[C@H](C)C2CC2)nc(-c2cccc(C(F)(F)F)n2)n1)c1ccccc1. The highest BCUT2D eigenvalue weighted by Gasteiger charge is 2.33. The lowest BCUT2D eigenvalue weighted by atomic mass is 9.96. The first kappa shape index (κ1) is 22.2. The fourth-order valence-electron chi connectivity index (χ4n) is 3.64. The first-order valence-corrected chi connectivity index (χ1v) is 10.9.